The Balaban J connectivity index is 2.71. The van der Waals surface area contributed by atoms with Gasteiger partial charge in [-0.3, -0.25) is 4.79 Å². The Labute approximate surface area is 77.3 Å². The fourth-order valence-corrected chi connectivity index (χ4v) is 0.901. The van der Waals surface area contributed by atoms with Crippen molar-refractivity contribution in [3.63, 3.8) is 0 Å². The van der Waals surface area contributed by atoms with Gasteiger partial charge in [-0.1, -0.05) is 12.1 Å². The van der Waals surface area contributed by atoms with E-state index >= 15 is 0 Å². The van der Waals surface area contributed by atoms with E-state index in [0.717, 1.165) is 6.29 Å². The highest BCUT2D eigenvalue weighted by atomic mass is 16.7. The summed E-state index contributed by atoms with van der Waals surface area (Å²) >= 11 is 0. The first-order chi connectivity index (χ1) is 6.26. The van der Waals surface area contributed by atoms with E-state index in [0.29, 0.717) is 11.3 Å². The molecule has 0 radical (unpaired) electrons. The van der Waals surface area contributed by atoms with Gasteiger partial charge in [-0.25, -0.2) is 0 Å². The molecule has 0 saturated heterocycles. The van der Waals surface area contributed by atoms with Crippen molar-refractivity contribution in [2.75, 3.05) is 7.11 Å². The number of ether oxygens (including phenoxy) is 2. The SMILES string of the molecule is COC(C)Oc1cccc(C=O)c1. The summed E-state index contributed by atoms with van der Waals surface area (Å²) < 4.78 is 10.2. The van der Waals surface area contributed by atoms with Crippen molar-refractivity contribution in [1.82, 2.24) is 0 Å². The summed E-state index contributed by atoms with van der Waals surface area (Å²) in [5, 5.41) is 0. The van der Waals surface area contributed by atoms with Crippen molar-refractivity contribution in [2.45, 2.75) is 13.2 Å². The van der Waals surface area contributed by atoms with Gasteiger partial charge in [-0.2, -0.15) is 0 Å². The van der Waals surface area contributed by atoms with Gasteiger partial charge >= 0.3 is 0 Å². The number of methoxy groups -OCH3 is 1. The fraction of sp³-hybridized carbons (Fsp3) is 0.300. The summed E-state index contributed by atoms with van der Waals surface area (Å²) in [6.07, 6.45) is 0.478. The molecule has 1 unspecified atom stereocenters. The van der Waals surface area contributed by atoms with Crippen LogP contribution in [0.4, 0.5) is 0 Å². The van der Waals surface area contributed by atoms with Crippen molar-refractivity contribution in [3.05, 3.63) is 29.8 Å². The molecule has 0 aliphatic rings. The smallest absolute Gasteiger partial charge is 0.196 e. The molecule has 1 aromatic carbocycles. The van der Waals surface area contributed by atoms with Crippen LogP contribution in [-0.2, 0) is 4.74 Å². The fourth-order valence-electron chi connectivity index (χ4n) is 0.901. The summed E-state index contributed by atoms with van der Waals surface area (Å²) in [7, 11) is 1.56. The zero-order valence-corrected chi connectivity index (χ0v) is 7.69. The van der Waals surface area contributed by atoms with Crippen LogP contribution in [0, 0.1) is 0 Å². The quantitative estimate of drug-likeness (QED) is 0.524. The third-order valence-corrected chi connectivity index (χ3v) is 1.63. The number of carbonyl (C=O) groups excluding carboxylic acids is 1. The second kappa shape index (κ2) is 4.62. The van der Waals surface area contributed by atoms with Gasteiger partial charge in [0.15, 0.2) is 6.29 Å². The van der Waals surface area contributed by atoms with Crippen LogP contribution in [0.1, 0.15) is 17.3 Å². The first kappa shape index (κ1) is 9.74. The van der Waals surface area contributed by atoms with E-state index in [2.05, 4.69) is 0 Å². The van der Waals surface area contributed by atoms with Gasteiger partial charge in [0.25, 0.3) is 0 Å². The molecule has 70 valence electrons. The molecule has 3 heteroatoms. The zero-order chi connectivity index (χ0) is 9.68. The lowest BCUT2D eigenvalue weighted by Gasteiger charge is -2.12. The van der Waals surface area contributed by atoms with Crippen LogP contribution in [0.5, 0.6) is 5.75 Å². The van der Waals surface area contributed by atoms with E-state index in [9.17, 15) is 4.79 Å². The highest BCUT2D eigenvalue weighted by molar-refractivity contribution is 5.75. The maximum absolute atomic E-state index is 10.4. The predicted octanol–water partition coefficient (Wildman–Crippen LogP) is 1.87. The Morgan fingerprint density at radius 3 is 2.85 bits per heavy atom. The Morgan fingerprint density at radius 2 is 2.23 bits per heavy atom. The van der Waals surface area contributed by atoms with Crippen molar-refractivity contribution in [3.8, 4) is 5.75 Å². The summed E-state index contributed by atoms with van der Waals surface area (Å²) in [4.78, 5) is 10.4. The highest BCUT2D eigenvalue weighted by Crippen LogP contribution is 2.13. The van der Waals surface area contributed by atoms with E-state index in [1.165, 1.54) is 0 Å². The molecule has 0 N–H and O–H groups in total. The maximum Gasteiger partial charge on any atom is 0.196 e. The number of rotatable bonds is 4. The molecule has 0 amide bonds. The summed E-state index contributed by atoms with van der Waals surface area (Å²) in [6, 6.07) is 6.93. The van der Waals surface area contributed by atoms with Gasteiger partial charge in [0.05, 0.1) is 0 Å². The normalized spacial score (nSPS) is 12.2. The van der Waals surface area contributed by atoms with Crippen molar-refractivity contribution >= 4 is 6.29 Å². The second-order valence-electron chi connectivity index (χ2n) is 2.61. The van der Waals surface area contributed by atoms with Crippen LogP contribution < -0.4 is 4.74 Å². The predicted molar refractivity (Wildman–Crippen MR) is 48.9 cm³/mol. The third kappa shape index (κ3) is 2.87. The molecule has 1 aromatic rings. The number of carbonyl (C=O) groups is 1. The molecule has 13 heavy (non-hydrogen) atoms. The monoisotopic (exact) mass is 180 g/mol. The van der Waals surface area contributed by atoms with Gasteiger partial charge in [0.2, 0.25) is 0 Å². The van der Waals surface area contributed by atoms with Gasteiger partial charge in [0.1, 0.15) is 12.0 Å². The summed E-state index contributed by atoms with van der Waals surface area (Å²) in [6.45, 7) is 1.79. The van der Waals surface area contributed by atoms with Crippen LogP contribution in [-0.4, -0.2) is 19.7 Å². The lowest BCUT2D eigenvalue weighted by atomic mass is 10.2. The molecule has 0 spiro atoms. The lowest BCUT2D eigenvalue weighted by molar-refractivity contribution is -0.0383. The Kier molecular flexibility index (Phi) is 3.46. The number of benzene rings is 1. The van der Waals surface area contributed by atoms with Crippen molar-refractivity contribution < 1.29 is 14.3 Å². The van der Waals surface area contributed by atoms with Crippen LogP contribution in [0.25, 0.3) is 0 Å². The Morgan fingerprint density at radius 1 is 1.46 bits per heavy atom. The number of hydrogen-bond acceptors (Lipinski definition) is 3. The largest absolute Gasteiger partial charge is 0.465 e. The first-order valence-corrected chi connectivity index (χ1v) is 4.01. The Hall–Kier alpha value is -1.35. The van der Waals surface area contributed by atoms with E-state index in [4.69, 9.17) is 9.47 Å². The standard InChI is InChI=1S/C10H12O3/c1-8(12-2)13-10-5-3-4-9(6-10)7-11/h3-8H,1-2H3. The van der Waals surface area contributed by atoms with Crippen LogP contribution in [0.15, 0.2) is 24.3 Å². The first-order valence-electron chi connectivity index (χ1n) is 4.01. The van der Waals surface area contributed by atoms with E-state index in [1.54, 1.807) is 38.3 Å². The minimum atomic E-state index is -0.304. The van der Waals surface area contributed by atoms with E-state index in [-0.39, 0.29) is 6.29 Å². The summed E-state index contributed by atoms with van der Waals surface area (Å²) in [5.74, 6) is 0.638. The van der Waals surface area contributed by atoms with Gasteiger partial charge in [-0.05, 0) is 19.1 Å². The van der Waals surface area contributed by atoms with Gasteiger partial charge in [-0.15, -0.1) is 0 Å². The second-order valence-corrected chi connectivity index (χ2v) is 2.61. The van der Waals surface area contributed by atoms with Gasteiger partial charge < -0.3 is 9.47 Å². The van der Waals surface area contributed by atoms with Crippen LogP contribution in [0.3, 0.4) is 0 Å². The molecular weight excluding hydrogens is 168 g/mol. The van der Waals surface area contributed by atoms with Gasteiger partial charge in [0, 0.05) is 12.7 Å². The zero-order valence-electron chi connectivity index (χ0n) is 7.69. The van der Waals surface area contributed by atoms with E-state index < -0.39 is 0 Å². The average Bonchev–Trinajstić information content (AvgIpc) is 2.18. The lowest BCUT2D eigenvalue weighted by Crippen LogP contribution is -2.13. The maximum atomic E-state index is 10.4. The van der Waals surface area contributed by atoms with Crippen molar-refractivity contribution in [2.24, 2.45) is 0 Å². The number of aldehydes is 1. The molecule has 1 atom stereocenters. The van der Waals surface area contributed by atoms with Crippen molar-refractivity contribution in [1.29, 1.82) is 0 Å². The molecule has 0 aliphatic heterocycles. The molecule has 3 nitrogen and oxygen atoms in total. The molecule has 1 rings (SSSR count). The molecule has 0 heterocycles. The van der Waals surface area contributed by atoms with Crippen LogP contribution >= 0.6 is 0 Å². The highest BCUT2D eigenvalue weighted by Gasteiger charge is 2.01. The molecule has 0 aliphatic carbocycles. The van der Waals surface area contributed by atoms with E-state index in [1.807, 2.05) is 0 Å². The topological polar surface area (TPSA) is 35.5 Å². The summed E-state index contributed by atoms with van der Waals surface area (Å²) in [5.41, 5.74) is 0.598. The Bertz CT molecular complexity index is 283. The minimum absolute atomic E-state index is 0.304. The minimum Gasteiger partial charge on any atom is -0.465 e. The molecule has 0 saturated carbocycles. The number of hydrogen-bond donors (Lipinski definition) is 0. The molecule has 0 bridgehead atoms. The molecule has 0 aromatic heterocycles. The third-order valence-electron chi connectivity index (χ3n) is 1.63. The molecular formula is C10H12O3. The van der Waals surface area contributed by atoms with Crippen LogP contribution in [0.2, 0.25) is 0 Å². The molecule has 0 fully saturated rings. The average molecular weight is 180 g/mol.